The number of rotatable bonds is 4. The lowest BCUT2D eigenvalue weighted by molar-refractivity contribution is -0.119. The molecular weight excluding hydrogens is 360 g/mol. The Morgan fingerprint density at radius 3 is 2.36 bits per heavy atom. The van der Waals surface area contributed by atoms with E-state index < -0.39 is 30.1 Å². The maximum absolute atomic E-state index is 13.0. The summed E-state index contributed by atoms with van der Waals surface area (Å²) >= 11 is 3.19. The van der Waals surface area contributed by atoms with E-state index in [0.717, 1.165) is 12.1 Å². The second-order valence-corrected chi connectivity index (χ2v) is 5.12. The average molecular weight is 370 g/mol. The van der Waals surface area contributed by atoms with Gasteiger partial charge in [0.15, 0.2) is 6.61 Å². The summed E-state index contributed by atoms with van der Waals surface area (Å²) in [6, 6.07) is 9.16. The highest BCUT2D eigenvalue weighted by Crippen LogP contribution is 2.17. The lowest BCUT2D eigenvalue weighted by Gasteiger charge is -2.07. The standard InChI is InChI=1S/C15H10BrF2NO3/c16-13-4-2-1-3-12(13)15(21)22-8-14(20)19-11-6-9(17)5-10(18)7-11/h1-7H,8H2,(H,19,20). The zero-order valence-electron chi connectivity index (χ0n) is 11.1. The summed E-state index contributed by atoms with van der Waals surface area (Å²) < 4.78 is 31.3. The van der Waals surface area contributed by atoms with E-state index in [-0.39, 0.29) is 11.3 Å². The third kappa shape index (κ3) is 4.36. The lowest BCUT2D eigenvalue weighted by atomic mass is 10.2. The molecule has 0 radical (unpaired) electrons. The van der Waals surface area contributed by atoms with Gasteiger partial charge in [0.1, 0.15) is 11.6 Å². The maximum Gasteiger partial charge on any atom is 0.339 e. The molecule has 2 aromatic carbocycles. The van der Waals surface area contributed by atoms with Crippen molar-refractivity contribution in [1.82, 2.24) is 0 Å². The van der Waals surface area contributed by atoms with Crippen LogP contribution in [0.5, 0.6) is 0 Å². The van der Waals surface area contributed by atoms with Crippen LogP contribution in [0.3, 0.4) is 0 Å². The third-order valence-electron chi connectivity index (χ3n) is 2.57. The van der Waals surface area contributed by atoms with Gasteiger partial charge in [-0.3, -0.25) is 4.79 Å². The van der Waals surface area contributed by atoms with Gasteiger partial charge in [0, 0.05) is 16.2 Å². The summed E-state index contributed by atoms with van der Waals surface area (Å²) in [5.41, 5.74) is 0.214. The number of benzene rings is 2. The predicted molar refractivity (Wildman–Crippen MR) is 79.4 cm³/mol. The number of anilines is 1. The number of esters is 1. The Hall–Kier alpha value is -2.28. The van der Waals surface area contributed by atoms with Crippen molar-refractivity contribution in [3.63, 3.8) is 0 Å². The minimum atomic E-state index is -0.819. The average Bonchev–Trinajstić information content (AvgIpc) is 2.44. The Labute approximate surface area is 133 Å². The minimum Gasteiger partial charge on any atom is -0.452 e. The van der Waals surface area contributed by atoms with Gasteiger partial charge < -0.3 is 10.1 Å². The fourth-order valence-corrected chi connectivity index (χ4v) is 2.11. The van der Waals surface area contributed by atoms with Crippen LogP contribution in [-0.4, -0.2) is 18.5 Å². The molecule has 0 fully saturated rings. The van der Waals surface area contributed by atoms with Crippen LogP contribution in [0.2, 0.25) is 0 Å². The largest absolute Gasteiger partial charge is 0.452 e. The monoisotopic (exact) mass is 369 g/mol. The molecule has 4 nitrogen and oxygen atoms in total. The van der Waals surface area contributed by atoms with Crippen molar-refractivity contribution in [2.45, 2.75) is 0 Å². The first-order valence-corrected chi connectivity index (χ1v) is 6.92. The van der Waals surface area contributed by atoms with Crippen LogP contribution in [0.4, 0.5) is 14.5 Å². The normalized spacial score (nSPS) is 10.1. The Bertz CT molecular complexity index is 701. The highest BCUT2D eigenvalue weighted by molar-refractivity contribution is 9.10. The summed E-state index contributed by atoms with van der Waals surface area (Å²) in [5.74, 6) is -3.03. The van der Waals surface area contributed by atoms with E-state index in [1.807, 2.05) is 0 Å². The SMILES string of the molecule is O=C(COC(=O)c1ccccc1Br)Nc1cc(F)cc(F)c1. The van der Waals surface area contributed by atoms with Crippen molar-refractivity contribution in [2.75, 3.05) is 11.9 Å². The van der Waals surface area contributed by atoms with E-state index in [9.17, 15) is 18.4 Å². The third-order valence-corrected chi connectivity index (χ3v) is 3.27. The van der Waals surface area contributed by atoms with E-state index >= 15 is 0 Å². The van der Waals surface area contributed by atoms with Crippen LogP contribution in [0.25, 0.3) is 0 Å². The van der Waals surface area contributed by atoms with Crippen molar-refractivity contribution >= 4 is 33.5 Å². The van der Waals surface area contributed by atoms with Crippen LogP contribution in [0, 0.1) is 11.6 Å². The molecule has 1 amide bonds. The molecule has 2 aromatic rings. The first kappa shape index (κ1) is 16.1. The summed E-state index contributed by atoms with van der Waals surface area (Å²) in [6.45, 7) is -0.571. The first-order valence-electron chi connectivity index (χ1n) is 6.13. The number of ether oxygens (including phenoxy) is 1. The van der Waals surface area contributed by atoms with Crippen LogP contribution in [-0.2, 0) is 9.53 Å². The number of carbonyl (C=O) groups excluding carboxylic acids is 2. The second kappa shape index (κ2) is 7.13. The molecule has 0 heterocycles. The Balaban J connectivity index is 1.93. The zero-order valence-corrected chi connectivity index (χ0v) is 12.7. The fourth-order valence-electron chi connectivity index (χ4n) is 1.66. The van der Waals surface area contributed by atoms with Gasteiger partial charge in [0.2, 0.25) is 0 Å². The fraction of sp³-hybridized carbons (Fsp3) is 0.0667. The molecule has 0 saturated heterocycles. The van der Waals surface area contributed by atoms with Crippen LogP contribution in [0.1, 0.15) is 10.4 Å². The highest BCUT2D eigenvalue weighted by atomic mass is 79.9. The molecule has 0 spiro atoms. The summed E-state index contributed by atoms with van der Waals surface area (Å²) in [5, 5.41) is 2.24. The van der Waals surface area contributed by atoms with Gasteiger partial charge in [-0.25, -0.2) is 13.6 Å². The van der Waals surface area contributed by atoms with Crippen molar-refractivity contribution in [1.29, 1.82) is 0 Å². The van der Waals surface area contributed by atoms with E-state index in [1.165, 1.54) is 6.07 Å². The molecule has 0 aliphatic carbocycles. The number of carbonyl (C=O) groups is 2. The highest BCUT2D eigenvalue weighted by Gasteiger charge is 2.13. The molecule has 7 heteroatoms. The van der Waals surface area contributed by atoms with Gasteiger partial charge in [-0.15, -0.1) is 0 Å². The quantitative estimate of drug-likeness (QED) is 0.838. The topological polar surface area (TPSA) is 55.4 Å². The Morgan fingerprint density at radius 2 is 1.73 bits per heavy atom. The number of nitrogens with one attached hydrogen (secondary N) is 1. The van der Waals surface area contributed by atoms with Crippen LogP contribution in [0.15, 0.2) is 46.9 Å². The summed E-state index contributed by atoms with van der Waals surface area (Å²) in [4.78, 5) is 23.4. The van der Waals surface area contributed by atoms with Gasteiger partial charge in [0.05, 0.1) is 5.56 Å². The molecule has 1 N–H and O–H groups in total. The van der Waals surface area contributed by atoms with Crippen molar-refractivity contribution in [3.05, 3.63) is 64.1 Å². The van der Waals surface area contributed by atoms with E-state index in [2.05, 4.69) is 21.2 Å². The molecule has 0 aliphatic heterocycles. The van der Waals surface area contributed by atoms with Gasteiger partial charge in [-0.2, -0.15) is 0 Å². The molecule has 0 saturated carbocycles. The Kier molecular flexibility index (Phi) is 5.21. The maximum atomic E-state index is 13.0. The van der Waals surface area contributed by atoms with Crippen molar-refractivity contribution < 1.29 is 23.1 Å². The molecule has 0 aromatic heterocycles. The molecule has 0 atom stereocenters. The summed E-state index contributed by atoms with van der Waals surface area (Å²) in [7, 11) is 0. The lowest BCUT2D eigenvalue weighted by Crippen LogP contribution is -2.21. The number of halogens is 3. The molecule has 2 rings (SSSR count). The number of hydrogen-bond donors (Lipinski definition) is 1. The molecule has 0 unspecified atom stereocenters. The molecule has 0 bridgehead atoms. The second-order valence-electron chi connectivity index (χ2n) is 4.26. The van der Waals surface area contributed by atoms with Crippen LogP contribution >= 0.6 is 15.9 Å². The van der Waals surface area contributed by atoms with Crippen molar-refractivity contribution in [3.8, 4) is 0 Å². The predicted octanol–water partition coefficient (Wildman–Crippen LogP) is 3.52. The van der Waals surface area contributed by atoms with Gasteiger partial charge >= 0.3 is 5.97 Å². The molecule has 114 valence electrons. The minimum absolute atomic E-state index is 0.0561. The van der Waals surface area contributed by atoms with E-state index in [1.54, 1.807) is 18.2 Å². The number of hydrogen-bond acceptors (Lipinski definition) is 3. The van der Waals surface area contributed by atoms with E-state index in [0.29, 0.717) is 10.5 Å². The van der Waals surface area contributed by atoms with Crippen LogP contribution < -0.4 is 5.32 Å². The smallest absolute Gasteiger partial charge is 0.339 e. The van der Waals surface area contributed by atoms with Gasteiger partial charge in [0.25, 0.3) is 5.91 Å². The zero-order chi connectivity index (χ0) is 16.1. The van der Waals surface area contributed by atoms with Gasteiger partial charge in [-0.05, 0) is 40.2 Å². The summed E-state index contributed by atoms with van der Waals surface area (Å²) in [6.07, 6.45) is 0. The molecule has 22 heavy (non-hydrogen) atoms. The molecular formula is C15H10BrF2NO3. The number of amides is 1. The van der Waals surface area contributed by atoms with Gasteiger partial charge in [-0.1, -0.05) is 12.1 Å². The first-order chi connectivity index (χ1) is 10.5. The molecule has 0 aliphatic rings. The van der Waals surface area contributed by atoms with E-state index in [4.69, 9.17) is 4.74 Å². The van der Waals surface area contributed by atoms with Crippen molar-refractivity contribution in [2.24, 2.45) is 0 Å². The Morgan fingerprint density at radius 1 is 1.09 bits per heavy atom.